The van der Waals surface area contributed by atoms with Gasteiger partial charge in [0.25, 0.3) is 0 Å². The number of aliphatic hydroxyl groups excluding tert-OH is 2. The number of ether oxygens (including phenoxy) is 2. The van der Waals surface area contributed by atoms with E-state index in [9.17, 15) is 15.0 Å². The molecule has 1 amide bonds. The number of rotatable bonds is 5. The molecule has 1 fully saturated rings. The van der Waals surface area contributed by atoms with E-state index < -0.39 is 17.2 Å². The van der Waals surface area contributed by atoms with E-state index in [0.717, 1.165) is 5.56 Å². The molecule has 1 heterocycles. The molecule has 0 aromatic heterocycles. The minimum absolute atomic E-state index is 0.267. The van der Waals surface area contributed by atoms with E-state index in [-0.39, 0.29) is 25.9 Å². The summed E-state index contributed by atoms with van der Waals surface area (Å²) in [7, 11) is 0. The fraction of sp³-hybridized carbons (Fsp3) is 0.611. The topological polar surface area (TPSA) is 79.2 Å². The van der Waals surface area contributed by atoms with Gasteiger partial charge < -0.3 is 19.7 Å². The van der Waals surface area contributed by atoms with Gasteiger partial charge in [0.1, 0.15) is 5.60 Å². The molecule has 134 valence electrons. The monoisotopic (exact) mass is 337 g/mol. The van der Waals surface area contributed by atoms with Gasteiger partial charge in [0.2, 0.25) is 0 Å². The molecular formula is C18H27NO5. The molecule has 2 N–H and O–H groups in total. The smallest absolute Gasteiger partial charge is 0.411 e. The van der Waals surface area contributed by atoms with Crippen molar-refractivity contribution in [3.63, 3.8) is 0 Å². The fourth-order valence-corrected chi connectivity index (χ4v) is 2.83. The summed E-state index contributed by atoms with van der Waals surface area (Å²) >= 11 is 0. The van der Waals surface area contributed by atoms with E-state index in [1.165, 1.54) is 4.90 Å². The van der Waals surface area contributed by atoms with Crippen molar-refractivity contribution in [2.45, 2.75) is 51.0 Å². The molecule has 6 heteroatoms. The van der Waals surface area contributed by atoms with Crippen molar-refractivity contribution in [3.05, 3.63) is 35.9 Å². The van der Waals surface area contributed by atoms with Crippen LogP contribution in [0.5, 0.6) is 0 Å². The van der Waals surface area contributed by atoms with Crippen LogP contribution in [0.15, 0.2) is 30.3 Å². The Balaban J connectivity index is 2.05. The number of hydrogen-bond donors (Lipinski definition) is 2. The van der Waals surface area contributed by atoms with Crippen molar-refractivity contribution in [1.82, 2.24) is 4.90 Å². The highest BCUT2D eigenvalue weighted by Crippen LogP contribution is 2.32. The number of likely N-dealkylation sites (tertiary alicyclic amines) is 1. The number of aliphatic hydroxyl groups is 2. The van der Waals surface area contributed by atoms with Crippen molar-refractivity contribution in [2.75, 3.05) is 19.8 Å². The Kier molecular flexibility index (Phi) is 5.85. The average molecular weight is 337 g/mol. The summed E-state index contributed by atoms with van der Waals surface area (Å²) in [6.07, 6.45) is -0.444. The van der Waals surface area contributed by atoms with Gasteiger partial charge in [-0.1, -0.05) is 30.3 Å². The van der Waals surface area contributed by atoms with Gasteiger partial charge >= 0.3 is 6.09 Å². The molecular weight excluding hydrogens is 310 g/mol. The van der Waals surface area contributed by atoms with E-state index in [1.54, 1.807) is 20.8 Å². The second-order valence-corrected chi connectivity index (χ2v) is 7.25. The molecule has 1 saturated heterocycles. The molecule has 2 rings (SSSR count). The summed E-state index contributed by atoms with van der Waals surface area (Å²) in [5, 5.41) is 19.5. The summed E-state index contributed by atoms with van der Waals surface area (Å²) in [6, 6.07) is 9.74. The molecule has 24 heavy (non-hydrogen) atoms. The molecule has 6 nitrogen and oxygen atoms in total. The summed E-state index contributed by atoms with van der Waals surface area (Å²) < 4.78 is 11.3. The highest BCUT2D eigenvalue weighted by atomic mass is 16.6. The van der Waals surface area contributed by atoms with Crippen LogP contribution in [0, 0.1) is 0 Å². The van der Waals surface area contributed by atoms with Crippen molar-refractivity contribution in [3.8, 4) is 0 Å². The van der Waals surface area contributed by atoms with Crippen molar-refractivity contribution >= 4 is 6.09 Å². The van der Waals surface area contributed by atoms with Gasteiger partial charge in [0.05, 0.1) is 38.0 Å². The number of amides is 1. The largest absolute Gasteiger partial charge is 0.444 e. The van der Waals surface area contributed by atoms with E-state index in [1.807, 2.05) is 30.3 Å². The predicted octanol–water partition coefficient (Wildman–Crippen LogP) is 1.94. The Morgan fingerprint density at radius 3 is 2.42 bits per heavy atom. The zero-order valence-electron chi connectivity index (χ0n) is 14.6. The molecule has 0 bridgehead atoms. The SMILES string of the molecule is CC(C)(C)OC(=O)N1C[C@@H](OCc2ccccc2)CC1(CO)CO. The zero-order chi connectivity index (χ0) is 17.8. The summed E-state index contributed by atoms with van der Waals surface area (Å²) in [5.41, 5.74) is -0.660. The number of benzene rings is 1. The van der Waals surface area contributed by atoms with E-state index in [4.69, 9.17) is 9.47 Å². The first-order valence-electron chi connectivity index (χ1n) is 8.17. The Morgan fingerprint density at radius 1 is 1.25 bits per heavy atom. The van der Waals surface area contributed by atoms with E-state index in [2.05, 4.69) is 0 Å². The second kappa shape index (κ2) is 7.51. The van der Waals surface area contributed by atoms with Gasteiger partial charge in [-0.15, -0.1) is 0 Å². The van der Waals surface area contributed by atoms with Gasteiger partial charge in [0, 0.05) is 6.42 Å². The first-order chi connectivity index (χ1) is 11.3. The Labute approximate surface area is 143 Å². The average Bonchev–Trinajstić information content (AvgIpc) is 2.92. The third kappa shape index (κ3) is 4.47. The van der Waals surface area contributed by atoms with Crippen LogP contribution in [0.3, 0.4) is 0 Å². The molecule has 0 unspecified atom stereocenters. The first kappa shape index (κ1) is 18.7. The maximum absolute atomic E-state index is 12.4. The number of carbonyl (C=O) groups excluding carboxylic acids is 1. The lowest BCUT2D eigenvalue weighted by atomic mass is 9.98. The third-order valence-corrected chi connectivity index (χ3v) is 4.10. The van der Waals surface area contributed by atoms with Gasteiger partial charge in [-0.25, -0.2) is 4.79 Å². The first-order valence-corrected chi connectivity index (χ1v) is 8.17. The molecule has 0 radical (unpaired) electrons. The Morgan fingerprint density at radius 2 is 1.88 bits per heavy atom. The lowest BCUT2D eigenvalue weighted by Gasteiger charge is -2.35. The zero-order valence-corrected chi connectivity index (χ0v) is 14.6. The van der Waals surface area contributed by atoms with Gasteiger partial charge in [0.15, 0.2) is 0 Å². The standard InChI is InChI=1S/C18H27NO5/c1-17(2,3)24-16(22)19-10-15(9-18(19,12-20)13-21)23-11-14-7-5-4-6-8-14/h4-8,15,20-21H,9-13H2,1-3H3/t15-/m0/s1. The number of carbonyl (C=O) groups is 1. The molecule has 1 aliphatic rings. The predicted molar refractivity (Wildman–Crippen MR) is 89.5 cm³/mol. The second-order valence-electron chi connectivity index (χ2n) is 7.25. The van der Waals surface area contributed by atoms with Crippen LogP contribution in [0.4, 0.5) is 4.79 Å². The van der Waals surface area contributed by atoms with Crippen molar-refractivity contribution in [1.29, 1.82) is 0 Å². The van der Waals surface area contributed by atoms with Crippen LogP contribution in [-0.4, -0.2) is 58.2 Å². The number of nitrogens with zero attached hydrogens (tertiary/aromatic N) is 1. The van der Waals surface area contributed by atoms with Crippen LogP contribution >= 0.6 is 0 Å². The summed E-state index contributed by atoms with van der Waals surface area (Å²) in [6.45, 7) is 5.36. The normalized spacial score (nSPS) is 20.2. The van der Waals surface area contributed by atoms with E-state index in [0.29, 0.717) is 13.0 Å². The minimum Gasteiger partial charge on any atom is -0.444 e. The van der Waals surface area contributed by atoms with Crippen LogP contribution < -0.4 is 0 Å². The quantitative estimate of drug-likeness (QED) is 0.858. The Bertz CT molecular complexity index is 536. The van der Waals surface area contributed by atoms with Crippen LogP contribution in [0.25, 0.3) is 0 Å². The molecule has 1 aromatic rings. The Hall–Kier alpha value is -1.63. The summed E-state index contributed by atoms with van der Waals surface area (Å²) in [4.78, 5) is 13.8. The van der Waals surface area contributed by atoms with E-state index >= 15 is 0 Å². The molecule has 0 spiro atoms. The molecule has 1 aliphatic heterocycles. The van der Waals surface area contributed by atoms with Crippen molar-refractivity contribution in [2.24, 2.45) is 0 Å². The third-order valence-electron chi connectivity index (χ3n) is 4.10. The fourth-order valence-electron chi connectivity index (χ4n) is 2.83. The minimum atomic E-state index is -1.05. The maximum atomic E-state index is 12.4. The lowest BCUT2D eigenvalue weighted by Crippen LogP contribution is -2.53. The van der Waals surface area contributed by atoms with Gasteiger partial charge in [-0.3, -0.25) is 4.90 Å². The highest BCUT2D eigenvalue weighted by molar-refractivity contribution is 5.70. The molecule has 0 saturated carbocycles. The molecule has 1 atom stereocenters. The van der Waals surface area contributed by atoms with Crippen molar-refractivity contribution < 1.29 is 24.5 Å². The number of hydrogen-bond acceptors (Lipinski definition) is 5. The lowest BCUT2D eigenvalue weighted by molar-refractivity contribution is -0.0213. The van der Waals surface area contributed by atoms with Crippen LogP contribution in [0.1, 0.15) is 32.8 Å². The summed E-state index contributed by atoms with van der Waals surface area (Å²) in [5.74, 6) is 0. The van der Waals surface area contributed by atoms with Gasteiger partial charge in [-0.05, 0) is 26.3 Å². The molecule has 0 aliphatic carbocycles. The molecule has 1 aromatic carbocycles. The maximum Gasteiger partial charge on any atom is 0.411 e. The van der Waals surface area contributed by atoms with Crippen LogP contribution in [0.2, 0.25) is 0 Å². The van der Waals surface area contributed by atoms with Crippen LogP contribution in [-0.2, 0) is 16.1 Å². The van der Waals surface area contributed by atoms with Gasteiger partial charge in [-0.2, -0.15) is 0 Å². The highest BCUT2D eigenvalue weighted by Gasteiger charge is 2.49.